The molecule has 10 heteroatoms. The lowest BCUT2D eigenvalue weighted by Gasteiger charge is -2.26. The number of anilines is 2. The van der Waals surface area contributed by atoms with Gasteiger partial charge in [0.2, 0.25) is 0 Å². The maximum atomic E-state index is 5.85. The monoisotopic (exact) mass is 372 g/mol. The molecular formula is C17H24N8O2. The van der Waals surface area contributed by atoms with E-state index in [-0.39, 0.29) is 5.82 Å². The molecule has 4 rings (SSSR count). The van der Waals surface area contributed by atoms with Gasteiger partial charge >= 0.3 is 0 Å². The van der Waals surface area contributed by atoms with E-state index in [4.69, 9.17) is 15.1 Å². The number of nitrogen functional groups attached to an aromatic ring is 1. The highest BCUT2D eigenvalue weighted by molar-refractivity contribution is 5.89. The highest BCUT2D eigenvalue weighted by Gasteiger charge is 2.20. The largest absolute Gasteiger partial charge is 0.383 e. The molecule has 0 aromatic carbocycles. The number of morpholine rings is 1. The number of fused-ring (bicyclic) bond motifs is 1. The maximum Gasteiger partial charge on any atom is 0.199 e. The van der Waals surface area contributed by atoms with Gasteiger partial charge in [-0.25, -0.2) is 14.6 Å². The van der Waals surface area contributed by atoms with Crippen LogP contribution in [0.5, 0.6) is 0 Å². The summed E-state index contributed by atoms with van der Waals surface area (Å²) in [5.41, 5.74) is 8.87. The van der Waals surface area contributed by atoms with E-state index in [0.717, 1.165) is 57.0 Å². The lowest BCUT2D eigenvalue weighted by molar-refractivity contribution is 0.0378. The lowest BCUT2D eigenvalue weighted by Crippen LogP contribution is -2.37. The summed E-state index contributed by atoms with van der Waals surface area (Å²) in [6.07, 6.45) is 2.81. The zero-order valence-electron chi connectivity index (χ0n) is 15.4. The number of hydrogen-bond donors (Lipinski definition) is 2. The van der Waals surface area contributed by atoms with Crippen molar-refractivity contribution in [3.05, 3.63) is 12.3 Å². The Morgan fingerprint density at radius 3 is 2.85 bits per heavy atom. The van der Waals surface area contributed by atoms with Gasteiger partial charge in [0.15, 0.2) is 23.0 Å². The molecule has 4 heterocycles. The Labute approximate surface area is 156 Å². The summed E-state index contributed by atoms with van der Waals surface area (Å²) in [4.78, 5) is 11.4. The minimum atomic E-state index is 0.222. The van der Waals surface area contributed by atoms with E-state index in [2.05, 4.69) is 30.5 Å². The smallest absolute Gasteiger partial charge is 0.199 e. The van der Waals surface area contributed by atoms with E-state index in [1.54, 1.807) is 6.20 Å². The van der Waals surface area contributed by atoms with Crippen LogP contribution < -0.4 is 11.1 Å². The highest BCUT2D eigenvalue weighted by Crippen LogP contribution is 2.29. The van der Waals surface area contributed by atoms with Crippen molar-refractivity contribution < 1.29 is 9.37 Å². The Kier molecular flexibility index (Phi) is 5.16. The van der Waals surface area contributed by atoms with Crippen LogP contribution in [0.2, 0.25) is 0 Å². The Bertz CT molecular complexity index is 900. The number of nitrogens with one attached hydrogen (secondary N) is 1. The number of aryl methyl sites for hydroxylation is 1. The molecule has 10 nitrogen and oxygen atoms in total. The quantitative estimate of drug-likeness (QED) is 0.590. The van der Waals surface area contributed by atoms with Crippen LogP contribution in [0, 0.1) is 0 Å². The molecule has 0 atom stereocenters. The van der Waals surface area contributed by atoms with Gasteiger partial charge in [0.05, 0.1) is 18.9 Å². The summed E-state index contributed by atoms with van der Waals surface area (Å²) >= 11 is 0. The molecule has 0 radical (unpaired) electrons. The molecule has 0 unspecified atom stereocenters. The van der Waals surface area contributed by atoms with Crippen molar-refractivity contribution in [2.45, 2.75) is 19.9 Å². The van der Waals surface area contributed by atoms with Crippen molar-refractivity contribution >= 4 is 22.7 Å². The van der Waals surface area contributed by atoms with Crippen LogP contribution >= 0.6 is 0 Å². The molecule has 0 saturated carbocycles. The second-order valence-electron chi connectivity index (χ2n) is 6.44. The van der Waals surface area contributed by atoms with Crippen molar-refractivity contribution in [2.24, 2.45) is 0 Å². The average Bonchev–Trinajstić information content (AvgIpc) is 3.29. The van der Waals surface area contributed by atoms with E-state index >= 15 is 0 Å². The van der Waals surface area contributed by atoms with Crippen molar-refractivity contribution in [1.29, 1.82) is 0 Å². The zero-order chi connectivity index (χ0) is 18.6. The first kappa shape index (κ1) is 17.7. The third-order valence-corrected chi connectivity index (χ3v) is 4.75. The number of aromatic nitrogens is 5. The molecule has 0 aliphatic carbocycles. The van der Waals surface area contributed by atoms with Gasteiger partial charge in [0, 0.05) is 32.4 Å². The van der Waals surface area contributed by atoms with Gasteiger partial charge in [-0.3, -0.25) is 4.90 Å². The van der Waals surface area contributed by atoms with Crippen molar-refractivity contribution in [3.8, 4) is 11.5 Å². The van der Waals surface area contributed by atoms with Gasteiger partial charge in [0.1, 0.15) is 5.52 Å². The maximum absolute atomic E-state index is 5.85. The number of nitrogens with zero attached hydrogens (tertiary/aromatic N) is 6. The summed E-state index contributed by atoms with van der Waals surface area (Å²) in [5.74, 6) is 0.835. The molecule has 1 saturated heterocycles. The molecule has 3 N–H and O–H groups in total. The van der Waals surface area contributed by atoms with Gasteiger partial charge < -0.3 is 20.4 Å². The van der Waals surface area contributed by atoms with Crippen LogP contribution in [0.15, 0.2) is 16.9 Å². The Hall–Kier alpha value is -2.72. The van der Waals surface area contributed by atoms with E-state index in [9.17, 15) is 0 Å². The topological polar surface area (TPSA) is 120 Å². The van der Waals surface area contributed by atoms with Crippen LogP contribution in [0.3, 0.4) is 0 Å². The molecule has 0 spiro atoms. The van der Waals surface area contributed by atoms with Crippen LogP contribution in [0.1, 0.15) is 13.3 Å². The fraction of sp³-hybridized carbons (Fsp3) is 0.529. The van der Waals surface area contributed by atoms with Crippen LogP contribution in [0.25, 0.3) is 22.7 Å². The van der Waals surface area contributed by atoms with Crippen LogP contribution in [-0.4, -0.2) is 69.1 Å². The predicted molar refractivity (Wildman–Crippen MR) is 101 cm³/mol. The summed E-state index contributed by atoms with van der Waals surface area (Å²) in [6.45, 7) is 8.36. The molecule has 27 heavy (non-hydrogen) atoms. The van der Waals surface area contributed by atoms with E-state index in [1.807, 2.05) is 17.6 Å². The van der Waals surface area contributed by atoms with Gasteiger partial charge in [0.25, 0.3) is 0 Å². The van der Waals surface area contributed by atoms with E-state index < -0.39 is 0 Å². The Morgan fingerprint density at radius 2 is 2.11 bits per heavy atom. The van der Waals surface area contributed by atoms with Gasteiger partial charge in [-0.05, 0) is 36.3 Å². The molecule has 1 aliphatic rings. The minimum absolute atomic E-state index is 0.222. The predicted octanol–water partition coefficient (Wildman–Crippen LogP) is 1.22. The van der Waals surface area contributed by atoms with E-state index in [1.165, 1.54) is 0 Å². The molecular weight excluding hydrogens is 348 g/mol. The molecule has 1 aliphatic heterocycles. The number of rotatable bonds is 7. The van der Waals surface area contributed by atoms with Crippen molar-refractivity contribution in [1.82, 2.24) is 29.7 Å². The number of pyridine rings is 1. The first-order chi connectivity index (χ1) is 13.3. The minimum Gasteiger partial charge on any atom is -0.383 e. The number of imidazole rings is 1. The SMILES string of the molecule is CCn1c(-c2nonc2N)nc2nccc(NCCCN3CCOCC3)c21. The summed E-state index contributed by atoms with van der Waals surface area (Å²) in [6, 6.07) is 1.97. The Morgan fingerprint density at radius 1 is 1.26 bits per heavy atom. The third kappa shape index (κ3) is 3.58. The Balaban J connectivity index is 1.52. The number of ether oxygens (including phenoxy) is 1. The standard InChI is InChI=1S/C17H24N8O2/c1-2-25-14-12(19-5-3-7-24-8-10-26-11-9-24)4-6-20-16(14)21-17(25)13-15(18)23-27-22-13/h4,6H,2-3,5,7-11H2,1H3,(H2,18,23)(H,19,20). The number of hydrogen-bond acceptors (Lipinski definition) is 9. The fourth-order valence-electron chi connectivity index (χ4n) is 3.39. The summed E-state index contributed by atoms with van der Waals surface area (Å²) < 4.78 is 12.2. The van der Waals surface area contributed by atoms with Gasteiger partial charge in [-0.1, -0.05) is 0 Å². The molecule has 0 amide bonds. The molecule has 144 valence electrons. The zero-order valence-corrected chi connectivity index (χ0v) is 15.4. The second-order valence-corrected chi connectivity index (χ2v) is 6.44. The highest BCUT2D eigenvalue weighted by atomic mass is 16.6. The van der Waals surface area contributed by atoms with Crippen LogP contribution in [-0.2, 0) is 11.3 Å². The summed E-state index contributed by atoms with van der Waals surface area (Å²) in [5, 5.41) is 11.1. The second kappa shape index (κ2) is 7.89. The molecule has 1 fully saturated rings. The molecule has 3 aromatic rings. The lowest BCUT2D eigenvalue weighted by atomic mass is 10.3. The average molecular weight is 372 g/mol. The molecule has 0 bridgehead atoms. The summed E-state index contributed by atoms with van der Waals surface area (Å²) in [7, 11) is 0. The van der Waals surface area contributed by atoms with E-state index in [0.29, 0.717) is 23.7 Å². The first-order valence-corrected chi connectivity index (χ1v) is 9.25. The van der Waals surface area contributed by atoms with Crippen molar-refractivity contribution in [2.75, 3.05) is 50.4 Å². The first-order valence-electron chi connectivity index (χ1n) is 9.25. The van der Waals surface area contributed by atoms with Crippen molar-refractivity contribution in [3.63, 3.8) is 0 Å². The molecule has 3 aromatic heterocycles. The van der Waals surface area contributed by atoms with Crippen LogP contribution in [0.4, 0.5) is 11.5 Å². The normalized spacial score (nSPS) is 15.4. The third-order valence-electron chi connectivity index (χ3n) is 4.75. The van der Waals surface area contributed by atoms with Gasteiger partial charge in [-0.15, -0.1) is 0 Å². The van der Waals surface area contributed by atoms with Gasteiger partial charge in [-0.2, -0.15) is 0 Å². The number of nitrogens with two attached hydrogens (primary N) is 1. The fourth-order valence-corrected chi connectivity index (χ4v) is 3.39.